The van der Waals surface area contributed by atoms with Gasteiger partial charge < -0.3 is 4.18 Å². The molecule has 1 aromatic rings. The number of carbonyl (C=O) groups excluding carboxylic acids is 2. The summed E-state index contributed by atoms with van der Waals surface area (Å²) in [5, 5.41) is 2.55. The molecule has 4 nitrogen and oxygen atoms in total. The van der Waals surface area contributed by atoms with Gasteiger partial charge in [-0.2, -0.15) is 12.6 Å². The first-order valence-corrected chi connectivity index (χ1v) is 11.1. The lowest BCUT2D eigenvalue weighted by Gasteiger charge is -2.48. The zero-order valence-electron chi connectivity index (χ0n) is 15.2. The third kappa shape index (κ3) is 4.04. The van der Waals surface area contributed by atoms with Gasteiger partial charge in [-0.05, 0) is 48.5 Å². The molecule has 0 spiro atoms. The number of fused-ring (bicyclic) bond motifs is 1. The molecule has 1 aliphatic heterocycles. The zero-order chi connectivity index (χ0) is 19.2. The molecule has 1 aromatic carbocycles. The Morgan fingerprint density at radius 2 is 1.85 bits per heavy atom. The van der Waals surface area contributed by atoms with Crippen LogP contribution in [0.2, 0.25) is 0 Å². The molecule has 26 heavy (non-hydrogen) atoms. The van der Waals surface area contributed by atoms with E-state index < -0.39 is 4.75 Å². The van der Waals surface area contributed by atoms with Gasteiger partial charge in [0, 0.05) is 18.8 Å². The molecule has 2 fully saturated rings. The number of imide groups is 1. The van der Waals surface area contributed by atoms with Gasteiger partial charge in [-0.25, -0.2) is 0 Å². The van der Waals surface area contributed by atoms with Gasteiger partial charge in [-0.1, -0.05) is 32.4 Å². The summed E-state index contributed by atoms with van der Waals surface area (Å²) in [7, 11) is 0. The van der Waals surface area contributed by atoms with Crippen LogP contribution in [0.25, 0.3) is 0 Å². The van der Waals surface area contributed by atoms with Gasteiger partial charge in [0.05, 0.1) is 5.92 Å². The monoisotopic (exact) mass is 413 g/mol. The van der Waals surface area contributed by atoms with E-state index in [9.17, 15) is 9.59 Å². The standard InChI is InChI=1S/C17H21NO3S3.C2H6/c19-15-14-10-13(11-4-6-12(21-23)7-5-11)17(14,16(20)18-15)24-9-3-1-2-8-22;1-2/h4-7,13-14,22-23H,1-3,8-10H2,(H,18,19,20);1-2H3/t13-,14-,17+;/m1./s1. The van der Waals surface area contributed by atoms with Crippen molar-refractivity contribution in [1.29, 1.82) is 0 Å². The van der Waals surface area contributed by atoms with E-state index in [1.165, 1.54) is 0 Å². The molecule has 2 aliphatic rings. The minimum atomic E-state index is -0.638. The van der Waals surface area contributed by atoms with Gasteiger partial charge in [0.1, 0.15) is 10.5 Å². The van der Waals surface area contributed by atoms with E-state index in [4.69, 9.17) is 4.18 Å². The molecule has 1 heterocycles. The normalized spacial score (nSPS) is 26.3. The van der Waals surface area contributed by atoms with Gasteiger partial charge in [-0.3, -0.25) is 14.9 Å². The first-order chi connectivity index (χ1) is 12.6. The Bertz CT molecular complexity index is 623. The van der Waals surface area contributed by atoms with Crippen molar-refractivity contribution in [2.45, 2.75) is 50.2 Å². The van der Waals surface area contributed by atoms with Crippen molar-refractivity contribution in [2.24, 2.45) is 5.92 Å². The van der Waals surface area contributed by atoms with E-state index in [1.54, 1.807) is 11.8 Å². The first-order valence-electron chi connectivity index (χ1n) is 9.15. The van der Waals surface area contributed by atoms with Crippen molar-refractivity contribution in [2.75, 3.05) is 11.5 Å². The summed E-state index contributed by atoms with van der Waals surface area (Å²) in [6.07, 6.45) is 3.95. The molecular weight excluding hydrogens is 386 g/mol. The number of hydrogen-bond acceptors (Lipinski definition) is 6. The molecule has 0 radical (unpaired) electrons. The minimum absolute atomic E-state index is 0.0674. The Kier molecular flexibility index (Phi) is 8.23. The molecule has 144 valence electrons. The van der Waals surface area contributed by atoms with Crippen LogP contribution in [0.4, 0.5) is 0 Å². The molecular formula is C19H27NO3S3. The van der Waals surface area contributed by atoms with Crippen LogP contribution in [0.1, 0.15) is 51.0 Å². The summed E-state index contributed by atoms with van der Waals surface area (Å²) < 4.78 is 4.27. The highest BCUT2D eigenvalue weighted by molar-refractivity contribution is 8.01. The predicted molar refractivity (Wildman–Crippen MR) is 114 cm³/mol. The second kappa shape index (κ2) is 9.95. The number of benzene rings is 1. The summed E-state index contributed by atoms with van der Waals surface area (Å²) >= 11 is 9.67. The smallest absolute Gasteiger partial charge is 0.244 e. The van der Waals surface area contributed by atoms with E-state index in [0.29, 0.717) is 5.75 Å². The molecule has 3 atom stereocenters. The van der Waals surface area contributed by atoms with Crippen LogP contribution in [0.15, 0.2) is 24.3 Å². The number of thiol groups is 2. The second-order valence-corrected chi connectivity index (χ2v) is 8.25. The molecule has 1 aliphatic carbocycles. The highest BCUT2D eigenvalue weighted by Crippen LogP contribution is 2.61. The fourth-order valence-electron chi connectivity index (χ4n) is 3.63. The number of thioether (sulfide) groups is 1. The molecule has 0 aromatic heterocycles. The summed E-state index contributed by atoms with van der Waals surface area (Å²) in [6, 6.07) is 7.61. The third-order valence-corrected chi connectivity index (χ3v) is 7.20. The minimum Gasteiger partial charge on any atom is -0.429 e. The lowest BCUT2D eigenvalue weighted by Crippen LogP contribution is -2.54. The van der Waals surface area contributed by atoms with Gasteiger partial charge in [0.25, 0.3) is 0 Å². The van der Waals surface area contributed by atoms with Gasteiger partial charge in [-0.15, -0.1) is 11.8 Å². The van der Waals surface area contributed by atoms with E-state index in [2.05, 4.69) is 30.9 Å². The van der Waals surface area contributed by atoms with Crippen molar-refractivity contribution in [1.82, 2.24) is 5.32 Å². The molecule has 1 saturated carbocycles. The molecule has 3 rings (SSSR count). The molecule has 2 amide bonds. The number of hydrogen-bond donors (Lipinski definition) is 3. The van der Waals surface area contributed by atoms with Crippen LogP contribution >= 0.6 is 37.3 Å². The van der Waals surface area contributed by atoms with Crippen LogP contribution in [-0.4, -0.2) is 28.1 Å². The molecule has 1 N–H and O–H groups in total. The zero-order valence-corrected chi connectivity index (χ0v) is 17.8. The van der Waals surface area contributed by atoms with E-state index in [0.717, 1.165) is 42.8 Å². The van der Waals surface area contributed by atoms with E-state index >= 15 is 0 Å². The predicted octanol–water partition coefficient (Wildman–Crippen LogP) is 4.27. The van der Waals surface area contributed by atoms with Crippen LogP contribution < -0.4 is 9.50 Å². The first kappa shape index (κ1) is 21.5. The maximum atomic E-state index is 12.6. The number of nitrogens with one attached hydrogen (secondary N) is 1. The lowest BCUT2D eigenvalue weighted by molar-refractivity contribution is -0.125. The fourth-order valence-corrected chi connectivity index (χ4v) is 5.68. The maximum absolute atomic E-state index is 12.6. The molecule has 0 bridgehead atoms. The maximum Gasteiger partial charge on any atom is 0.244 e. The second-order valence-electron chi connectivity index (χ2n) is 6.25. The Balaban J connectivity index is 0.00000117. The summed E-state index contributed by atoms with van der Waals surface area (Å²) in [5.74, 6) is 2.07. The summed E-state index contributed by atoms with van der Waals surface area (Å²) in [4.78, 5) is 24.7. The fraction of sp³-hybridized carbons (Fsp3) is 0.579. The Morgan fingerprint density at radius 1 is 1.15 bits per heavy atom. The Morgan fingerprint density at radius 3 is 2.42 bits per heavy atom. The SMILES string of the molecule is CC.O=C1NC(=O)[C@@]2(SCCCCCS)[C@@H]1C[C@@H]2c1ccc(OS)cc1. The third-order valence-electron chi connectivity index (χ3n) is 4.95. The van der Waals surface area contributed by atoms with Crippen molar-refractivity contribution >= 4 is 49.1 Å². The van der Waals surface area contributed by atoms with E-state index in [-0.39, 0.29) is 23.7 Å². The summed E-state index contributed by atoms with van der Waals surface area (Å²) in [5.41, 5.74) is 1.08. The lowest BCUT2D eigenvalue weighted by atomic mass is 9.62. The highest BCUT2D eigenvalue weighted by Gasteiger charge is 2.67. The molecule has 7 heteroatoms. The number of rotatable bonds is 8. The van der Waals surface area contributed by atoms with Crippen molar-refractivity contribution in [3.63, 3.8) is 0 Å². The van der Waals surface area contributed by atoms with Crippen molar-refractivity contribution < 1.29 is 13.8 Å². The topological polar surface area (TPSA) is 55.4 Å². The highest BCUT2D eigenvalue weighted by atomic mass is 32.2. The van der Waals surface area contributed by atoms with Crippen LogP contribution in [-0.2, 0) is 9.59 Å². The molecule has 1 saturated heterocycles. The number of unbranched alkanes of at least 4 members (excludes halogenated alkanes) is 2. The van der Waals surface area contributed by atoms with Crippen LogP contribution in [0.3, 0.4) is 0 Å². The molecule has 0 unspecified atom stereocenters. The average Bonchev–Trinajstić information content (AvgIpc) is 2.83. The quantitative estimate of drug-likeness (QED) is 0.258. The van der Waals surface area contributed by atoms with Crippen molar-refractivity contribution in [3.05, 3.63) is 29.8 Å². The summed E-state index contributed by atoms with van der Waals surface area (Å²) in [6.45, 7) is 4.00. The van der Waals surface area contributed by atoms with E-state index in [1.807, 2.05) is 38.1 Å². The number of carbonyl (C=O) groups is 2. The van der Waals surface area contributed by atoms with Crippen molar-refractivity contribution in [3.8, 4) is 5.75 Å². The van der Waals surface area contributed by atoms with Gasteiger partial charge in [0.2, 0.25) is 11.8 Å². The van der Waals surface area contributed by atoms with Gasteiger partial charge >= 0.3 is 0 Å². The Labute approximate surface area is 171 Å². The van der Waals surface area contributed by atoms with Gasteiger partial charge in [0.15, 0.2) is 0 Å². The average molecular weight is 414 g/mol. The number of amides is 2. The Hall–Kier alpha value is -0.790. The largest absolute Gasteiger partial charge is 0.429 e. The van der Waals surface area contributed by atoms with Crippen LogP contribution in [0, 0.1) is 5.92 Å². The van der Waals surface area contributed by atoms with Crippen LogP contribution in [0.5, 0.6) is 5.75 Å².